The molecule has 1 atom stereocenters. The van der Waals surface area contributed by atoms with Crippen molar-refractivity contribution >= 4 is 0 Å². The first-order chi connectivity index (χ1) is 12.7. The molecule has 0 aliphatic carbocycles. The van der Waals surface area contributed by atoms with Crippen LogP contribution in [0.25, 0.3) is 0 Å². The van der Waals surface area contributed by atoms with Crippen LogP contribution in [0, 0.1) is 6.92 Å². The molecule has 0 radical (unpaired) electrons. The third-order valence-corrected chi connectivity index (χ3v) is 5.23. The van der Waals surface area contributed by atoms with Gasteiger partial charge in [-0.15, -0.1) is 10.2 Å². The molecule has 1 aliphatic rings. The molecule has 4 rings (SSSR count). The number of imidazole rings is 1. The van der Waals surface area contributed by atoms with Gasteiger partial charge in [0.05, 0.1) is 6.54 Å². The fraction of sp³-hybridized carbons (Fsp3) is 0.474. The van der Waals surface area contributed by atoms with Gasteiger partial charge in [-0.2, -0.15) is 0 Å². The summed E-state index contributed by atoms with van der Waals surface area (Å²) in [5, 5.41) is 8.98. The van der Waals surface area contributed by atoms with Crippen molar-refractivity contribution in [2.75, 3.05) is 13.1 Å². The fourth-order valence-corrected chi connectivity index (χ4v) is 3.75. The van der Waals surface area contributed by atoms with E-state index in [2.05, 4.69) is 47.3 Å². The van der Waals surface area contributed by atoms with E-state index in [4.69, 9.17) is 0 Å². The van der Waals surface area contributed by atoms with Gasteiger partial charge in [-0.3, -0.25) is 9.88 Å². The number of nitrogens with zero attached hydrogens (tertiary/aromatic N) is 7. The lowest BCUT2D eigenvalue weighted by Gasteiger charge is -2.32. The molecule has 0 spiro atoms. The molecular formula is C19H25N7. The minimum Gasteiger partial charge on any atom is -0.328 e. The average Bonchev–Trinajstić information content (AvgIpc) is 3.23. The summed E-state index contributed by atoms with van der Waals surface area (Å²) in [6.07, 6.45) is 9.94. The first kappa shape index (κ1) is 16.9. The molecular weight excluding hydrogens is 326 g/mol. The van der Waals surface area contributed by atoms with E-state index in [-0.39, 0.29) is 0 Å². The molecule has 0 amide bonds. The van der Waals surface area contributed by atoms with Crippen LogP contribution >= 0.6 is 0 Å². The Morgan fingerprint density at radius 1 is 1.19 bits per heavy atom. The molecule has 1 aliphatic heterocycles. The van der Waals surface area contributed by atoms with E-state index in [0.29, 0.717) is 12.5 Å². The SMILES string of the molecule is Cc1nccn1Cc1nnc([C@@H]2CCCN(Cc3cccnc3)C2)n1C. The summed E-state index contributed by atoms with van der Waals surface area (Å²) in [4.78, 5) is 11.0. The number of likely N-dealkylation sites (tertiary alicyclic amines) is 1. The molecule has 0 aromatic carbocycles. The van der Waals surface area contributed by atoms with Crippen LogP contribution in [-0.4, -0.2) is 47.3 Å². The van der Waals surface area contributed by atoms with Gasteiger partial charge < -0.3 is 9.13 Å². The first-order valence-electron chi connectivity index (χ1n) is 9.18. The summed E-state index contributed by atoms with van der Waals surface area (Å²) in [6, 6.07) is 4.15. The number of piperidine rings is 1. The molecule has 0 unspecified atom stereocenters. The van der Waals surface area contributed by atoms with Crippen LogP contribution < -0.4 is 0 Å². The van der Waals surface area contributed by atoms with Crippen molar-refractivity contribution in [1.82, 2.24) is 34.2 Å². The van der Waals surface area contributed by atoms with E-state index >= 15 is 0 Å². The van der Waals surface area contributed by atoms with Crippen molar-refractivity contribution in [2.45, 2.75) is 38.8 Å². The Labute approximate surface area is 153 Å². The highest BCUT2D eigenvalue weighted by atomic mass is 15.3. The largest absolute Gasteiger partial charge is 0.328 e. The number of rotatable bonds is 5. The zero-order chi connectivity index (χ0) is 17.9. The zero-order valence-corrected chi connectivity index (χ0v) is 15.4. The van der Waals surface area contributed by atoms with Crippen LogP contribution in [0.15, 0.2) is 36.9 Å². The number of pyridine rings is 1. The Morgan fingerprint density at radius 3 is 2.88 bits per heavy atom. The molecule has 7 nitrogen and oxygen atoms in total. The third-order valence-electron chi connectivity index (χ3n) is 5.23. The van der Waals surface area contributed by atoms with Gasteiger partial charge in [-0.1, -0.05) is 6.07 Å². The zero-order valence-electron chi connectivity index (χ0n) is 15.4. The van der Waals surface area contributed by atoms with Crippen LogP contribution in [0.3, 0.4) is 0 Å². The highest BCUT2D eigenvalue weighted by Gasteiger charge is 2.26. The fourth-order valence-electron chi connectivity index (χ4n) is 3.75. The molecule has 1 saturated heterocycles. The van der Waals surface area contributed by atoms with E-state index in [9.17, 15) is 0 Å². The minimum absolute atomic E-state index is 0.426. The van der Waals surface area contributed by atoms with Crippen molar-refractivity contribution in [1.29, 1.82) is 0 Å². The van der Waals surface area contributed by atoms with E-state index in [0.717, 1.165) is 37.1 Å². The second-order valence-corrected chi connectivity index (χ2v) is 7.07. The molecule has 26 heavy (non-hydrogen) atoms. The molecule has 7 heteroatoms. The Bertz CT molecular complexity index is 852. The van der Waals surface area contributed by atoms with Crippen molar-refractivity contribution in [2.24, 2.45) is 7.05 Å². The number of hydrogen-bond acceptors (Lipinski definition) is 5. The number of hydrogen-bond donors (Lipinski definition) is 0. The van der Waals surface area contributed by atoms with E-state index in [1.807, 2.05) is 37.8 Å². The predicted octanol–water partition coefficient (Wildman–Crippen LogP) is 2.14. The van der Waals surface area contributed by atoms with Crippen LogP contribution in [0.1, 0.15) is 41.8 Å². The maximum atomic E-state index is 4.53. The predicted molar refractivity (Wildman–Crippen MR) is 98.6 cm³/mol. The van der Waals surface area contributed by atoms with E-state index < -0.39 is 0 Å². The van der Waals surface area contributed by atoms with Gasteiger partial charge in [-0.05, 0) is 37.9 Å². The Hall–Kier alpha value is -2.54. The highest BCUT2D eigenvalue weighted by molar-refractivity contribution is 5.10. The van der Waals surface area contributed by atoms with Gasteiger partial charge in [-0.25, -0.2) is 4.98 Å². The molecule has 3 aromatic heterocycles. The van der Waals surface area contributed by atoms with Crippen molar-refractivity contribution in [3.8, 4) is 0 Å². The maximum absolute atomic E-state index is 4.53. The van der Waals surface area contributed by atoms with Crippen molar-refractivity contribution < 1.29 is 0 Å². The lowest BCUT2D eigenvalue weighted by molar-refractivity contribution is 0.195. The minimum atomic E-state index is 0.426. The van der Waals surface area contributed by atoms with E-state index in [1.165, 1.54) is 18.4 Å². The summed E-state index contributed by atoms with van der Waals surface area (Å²) >= 11 is 0. The van der Waals surface area contributed by atoms with Gasteiger partial charge in [0.2, 0.25) is 0 Å². The first-order valence-corrected chi connectivity index (χ1v) is 9.18. The van der Waals surface area contributed by atoms with Gasteiger partial charge >= 0.3 is 0 Å². The Balaban J connectivity index is 1.46. The molecule has 0 N–H and O–H groups in total. The second kappa shape index (κ2) is 7.37. The quantitative estimate of drug-likeness (QED) is 0.705. The lowest BCUT2D eigenvalue weighted by Crippen LogP contribution is -2.34. The summed E-state index contributed by atoms with van der Waals surface area (Å²) in [6.45, 7) is 5.81. The summed E-state index contributed by atoms with van der Waals surface area (Å²) in [7, 11) is 2.08. The van der Waals surface area contributed by atoms with Crippen LogP contribution in [0.4, 0.5) is 0 Å². The molecule has 1 fully saturated rings. The highest BCUT2D eigenvalue weighted by Crippen LogP contribution is 2.26. The van der Waals surface area contributed by atoms with Gasteiger partial charge in [0.15, 0.2) is 5.82 Å². The average molecular weight is 351 g/mol. The normalized spacial score (nSPS) is 18.3. The second-order valence-electron chi connectivity index (χ2n) is 7.07. The molecule has 0 bridgehead atoms. The van der Waals surface area contributed by atoms with Crippen LogP contribution in [0.5, 0.6) is 0 Å². The Kier molecular flexibility index (Phi) is 4.79. The van der Waals surface area contributed by atoms with Crippen LogP contribution in [0.2, 0.25) is 0 Å². The summed E-state index contributed by atoms with van der Waals surface area (Å²) in [5.41, 5.74) is 1.27. The topological polar surface area (TPSA) is 64.7 Å². The lowest BCUT2D eigenvalue weighted by atomic mass is 9.97. The summed E-state index contributed by atoms with van der Waals surface area (Å²) < 4.78 is 4.26. The van der Waals surface area contributed by atoms with E-state index in [1.54, 1.807) is 0 Å². The smallest absolute Gasteiger partial charge is 0.152 e. The Morgan fingerprint density at radius 2 is 2.12 bits per heavy atom. The standard InChI is InChI=1S/C19H25N7/c1-15-21-8-10-26(15)14-18-22-23-19(24(18)2)17-6-4-9-25(13-17)12-16-5-3-7-20-11-16/h3,5,7-8,10-11,17H,4,6,9,12-14H2,1-2H3/t17-/m1/s1. The number of aromatic nitrogens is 6. The van der Waals surface area contributed by atoms with Gasteiger partial charge in [0.1, 0.15) is 11.6 Å². The number of aryl methyl sites for hydroxylation is 1. The molecule has 4 heterocycles. The van der Waals surface area contributed by atoms with Gasteiger partial charge in [0.25, 0.3) is 0 Å². The van der Waals surface area contributed by atoms with Crippen molar-refractivity contribution in [3.05, 3.63) is 60.0 Å². The van der Waals surface area contributed by atoms with Gasteiger partial charge in [0, 0.05) is 50.8 Å². The molecule has 0 saturated carbocycles. The monoisotopic (exact) mass is 351 g/mol. The molecule has 136 valence electrons. The summed E-state index contributed by atoms with van der Waals surface area (Å²) in [5.74, 6) is 3.49. The molecule has 3 aromatic rings. The van der Waals surface area contributed by atoms with Crippen LogP contribution in [-0.2, 0) is 20.1 Å². The maximum Gasteiger partial charge on any atom is 0.152 e. The van der Waals surface area contributed by atoms with Crippen molar-refractivity contribution in [3.63, 3.8) is 0 Å². The third kappa shape index (κ3) is 3.53.